The molecule has 0 saturated carbocycles. The Balaban J connectivity index is 1.90. The highest BCUT2D eigenvalue weighted by Crippen LogP contribution is 2.35. The van der Waals surface area contributed by atoms with Gasteiger partial charge in [0.05, 0.1) is 17.9 Å². The van der Waals surface area contributed by atoms with Crippen LogP contribution >= 0.6 is 11.6 Å². The zero-order valence-corrected chi connectivity index (χ0v) is 16.4. The van der Waals surface area contributed by atoms with Gasteiger partial charge in [0.15, 0.2) is 12.4 Å². The number of pyridine rings is 1. The molecule has 0 spiro atoms. The molecule has 0 N–H and O–H groups in total. The molecule has 0 unspecified atom stereocenters. The van der Waals surface area contributed by atoms with E-state index in [1.807, 2.05) is 20.8 Å². The predicted octanol–water partition coefficient (Wildman–Crippen LogP) is 4.28. The number of rotatable bonds is 5. The third-order valence-electron chi connectivity index (χ3n) is 4.63. The Bertz CT molecular complexity index is 915. The molecular weight excluding hydrogens is 364 g/mol. The van der Waals surface area contributed by atoms with E-state index < -0.39 is 0 Å². The van der Waals surface area contributed by atoms with Gasteiger partial charge < -0.3 is 9.47 Å². The monoisotopic (exact) mass is 384 g/mol. The quantitative estimate of drug-likeness (QED) is 0.719. The number of ketones is 1. The van der Waals surface area contributed by atoms with Gasteiger partial charge in [0, 0.05) is 22.6 Å². The molecule has 2 aromatic rings. The maximum atomic E-state index is 12.4. The first-order valence-corrected chi connectivity index (χ1v) is 9.22. The summed E-state index contributed by atoms with van der Waals surface area (Å²) < 4.78 is 11.6. The van der Waals surface area contributed by atoms with Crippen molar-refractivity contribution in [3.63, 3.8) is 0 Å². The molecule has 0 radical (unpaired) electrons. The zero-order valence-electron chi connectivity index (χ0n) is 15.6. The van der Waals surface area contributed by atoms with Gasteiger partial charge in [0.2, 0.25) is 5.88 Å². The van der Waals surface area contributed by atoms with Crippen LogP contribution in [-0.2, 0) is 24.2 Å². The third kappa shape index (κ3) is 4.13. The molecule has 6 heteroatoms. The average molecular weight is 385 g/mol. The van der Waals surface area contributed by atoms with Crippen molar-refractivity contribution in [1.82, 2.24) is 4.98 Å². The lowest BCUT2D eigenvalue weighted by atomic mass is 9.88. The first-order chi connectivity index (χ1) is 12.8. The van der Waals surface area contributed by atoms with Crippen LogP contribution in [-0.4, -0.2) is 23.0 Å². The molecule has 0 bridgehead atoms. The number of carbonyl (C=O) groups excluding carboxylic acids is 1. The maximum absolute atomic E-state index is 12.4. The van der Waals surface area contributed by atoms with Crippen molar-refractivity contribution in [3.8, 4) is 11.9 Å². The predicted molar refractivity (Wildman–Crippen MR) is 102 cm³/mol. The van der Waals surface area contributed by atoms with Crippen LogP contribution in [0.5, 0.6) is 5.88 Å². The number of aromatic nitrogens is 1. The number of ether oxygens (including phenoxy) is 2. The van der Waals surface area contributed by atoms with Crippen molar-refractivity contribution in [2.24, 2.45) is 0 Å². The summed E-state index contributed by atoms with van der Waals surface area (Å²) in [7, 11) is 0. The minimum absolute atomic E-state index is 0.189. The summed E-state index contributed by atoms with van der Waals surface area (Å²) in [6.45, 7) is 6.22. The fraction of sp³-hybridized carbons (Fsp3) is 0.381. The van der Waals surface area contributed by atoms with Crippen molar-refractivity contribution in [3.05, 3.63) is 57.2 Å². The standard InChI is InChI=1S/C21H21ClN2O3/c1-4-18-17-11-27-21(2,3)9-15(17)16(10-23)20(24-18)26-12-19(25)13-5-7-14(22)8-6-13/h5-8H,4,9,11-12H2,1-3H3. The van der Waals surface area contributed by atoms with Crippen LogP contribution in [0.4, 0.5) is 0 Å². The van der Waals surface area contributed by atoms with Crippen molar-refractivity contribution < 1.29 is 14.3 Å². The van der Waals surface area contributed by atoms with Gasteiger partial charge in [-0.2, -0.15) is 5.26 Å². The van der Waals surface area contributed by atoms with Crippen LogP contribution in [0.15, 0.2) is 24.3 Å². The number of carbonyl (C=O) groups is 1. The Morgan fingerprint density at radius 3 is 2.67 bits per heavy atom. The number of hydrogen-bond donors (Lipinski definition) is 0. The summed E-state index contributed by atoms with van der Waals surface area (Å²) in [5, 5.41) is 10.3. The van der Waals surface area contributed by atoms with Crippen LogP contribution in [0.2, 0.25) is 5.02 Å². The van der Waals surface area contributed by atoms with E-state index in [0.29, 0.717) is 35.6 Å². The van der Waals surface area contributed by atoms with Crippen LogP contribution < -0.4 is 4.74 Å². The lowest BCUT2D eigenvalue weighted by Gasteiger charge is -2.33. The molecule has 5 nitrogen and oxygen atoms in total. The molecule has 2 heterocycles. The average Bonchev–Trinajstić information content (AvgIpc) is 2.64. The Hall–Kier alpha value is -2.42. The fourth-order valence-electron chi connectivity index (χ4n) is 3.18. The molecule has 1 aliphatic rings. The number of nitrogens with zero attached hydrogens (tertiary/aromatic N) is 2. The van der Waals surface area contributed by atoms with E-state index in [1.165, 1.54) is 0 Å². The molecule has 27 heavy (non-hydrogen) atoms. The Morgan fingerprint density at radius 1 is 1.33 bits per heavy atom. The van der Waals surface area contributed by atoms with Crippen molar-refractivity contribution in [2.75, 3.05) is 6.61 Å². The highest BCUT2D eigenvalue weighted by molar-refractivity contribution is 6.30. The van der Waals surface area contributed by atoms with E-state index in [1.54, 1.807) is 24.3 Å². The molecule has 140 valence electrons. The highest BCUT2D eigenvalue weighted by atomic mass is 35.5. The molecule has 3 rings (SSSR count). The van der Waals surface area contributed by atoms with Gasteiger partial charge in [0.1, 0.15) is 11.6 Å². The molecule has 0 atom stereocenters. The molecule has 1 aromatic carbocycles. The Labute approximate surface area is 163 Å². The van der Waals surface area contributed by atoms with Gasteiger partial charge >= 0.3 is 0 Å². The van der Waals surface area contributed by atoms with E-state index in [0.717, 1.165) is 16.8 Å². The topological polar surface area (TPSA) is 72.2 Å². The summed E-state index contributed by atoms with van der Waals surface area (Å²) in [5.74, 6) is 0.0184. The second kappa shape index (κ2) is 7.67. The number of Topliss-reactive ketones (excluding diaryl/α,β-unsaturated/α-hetero) is 1. The van der Waals surface area contributed by atoms with Crippen molar-refractivity contribution in [2.45, 2.75) is 45.8 Å². The van der Waals surface area contributed by atoms with Crippen LogP contribution in [0, 0.1) is 11.3 Å². The largest absolute Gasteiger partial charge is 0.468 e. The highest BCUT2D eigenvalue weighted by Gasteiger charge is 2.32. The minimum atomic E-state index is -0.360. The van der Waals surface area contributed by atoms with Gasteiger partial charge in [-0.15, -0.1) is 0 Å². The second-order valence-corrected chi connectivity index (χ2v) is 7.54. The number of nitriles is 1. The van der Waals surface area contributed by atoms with E-state index >= 15 is 0 Å². The molecule has 0 saturated heterocycles. The smallest absolute Gasteiger partial charge is 0.232 e. The molecule has 0 fully saturated rings. The maximum Gasteiger partial charge on any atom is 0.232 e. The van der Waals surface area contributed by atoms with Gasteiger partial charge in [-0.25, -0.2) is 4.98 Å². The van der Waals surface area contributed by atoms with Gasteiger partial charge in [0.25, 0.3) is 0 Å². The van der Waals surface area contributed by atoms with Gasteiger partial charge in [-0.1, -0.05) is 18.5 Å². The summed E-state index contributed by atoms with van der Waals surface area (Å²) in [6, 6.07) is 8.82. The second-order valence-electron chi connectivity index (χ2n) is 7.11. The summed E-state index contributed by atoms with van der Waals surface area (Å²) in [5.41, 5.74) is 3.25. The lowest BCUT2D eigenvalue weighted by Crippen LogP contribution is -2.33. The summed E-state index contributed by atoms with van der Waals surface area (Å²) in [4.78, 5) is 16.9. The van der Waals surface area contributed by atoms with Crippen molar-refractivity contribution >= 4 is 17.4 Å². The van der Waals surface area contributed by atoms with E-state index in [2.05, 4.69) is 11.1 Å². The normalized spacial score (nSPS) is 14.9. The summed E-state index contributed by atoms with van der Waals surface area (Å²) in [6.07, 6.45) is 1.29. The minimum Gasteiger partial charge on any atom is -0.468 e. The Kier molecular flexibility index (Phi) is 5.50. The van der Waals surface area contributed by atoms with E-state index in [9.17, 15) is 10.1 Å². The number of hydrogen-bond acceptors (Lipinski definition) is 5. The fourth-order valence-corrected chi connectivity index (χ4v) is 3.30. The molecule has 0 aliphatic carbocycles. The molecule has 1 aromatic heterocycles. The molecule has 0 amide bonds. The first kappa shape index (κ1) is 19.3. The van der Waals surface area contributed by atoms with E-state index in [4.69, 9.17) is 21.1 Å². The molecular formula is C21H21ClN2O3. The van der Waals surface area contributed by atoms with Crippen LogP contribution in [0.1, 0.15) is 53.5 Å². The lowest BCUT2D eigenvalue weighted by molar-refractivity contribution is -0.0408. The van der Waals surface area contributed by atoms with E-state index in [-0.39, 0.29) is 23.9 Å². The SMILES string of the molecule is CCc1nc(OCC(=O)c2ccc(Cl)cc2)c(C#N)c2c1COC(C)(C)C2. The Morgan fingerprint density at radius 2 is 2.04 bits per heavy atom. The third-order valence-corrected chi connectivity index (χ3v) is 4.88. The van der Waals surface area contributed by atoms with Crippen molar-refractivity contribution in [1.29, 1.82) is 5.26 Å². The van der Waals surface area contributed by atoms with Gasteiger partial charge in [-0.3, -0.25) is 4.79 Å². The zero-order chi connectivity index (χ0) is 19.6. The van der Waals surface area contributed by atoms with Crippen LogP contribution in [0.25, 0.3) is 0 Å². The first-order valence-electron chi connectivity index (χ1n) is 8.85. The summed E-state index contributed by atoms with van der Waals surface area (Å²) >= 11 is 5.85. The number of aryl methyl sites for hydroxylation is 1. The van der Waals surface area contributed by atoms with Crippen LogP contribution in [0.3, 0.4) is 0 Å². The van der Waals surface area contributed by atoms with Gasteiger partial charge in [-0.05, 0) is 50.1 Å². The number of benzene rings is 1. The molecule has 1 aliphatic heterocycles. The number of halogens is 1. The number of fused-ring (bicyclic) bond motifs is 1.